The fourth-order valence-corrected chi connectivity index (χ4v) is 3.83. The van der Waals surface area contributed by atoms with E-state index < -0.39 is 0 Å². The highest BCUT2D eigenvalue weighted by Crippen LogP contribution is 2.32. The zero-order valence-corrected chi connectivity index (χ0v) is 16.4. The molecule has 0 aliphatic carbocycles. The number of ether oxygens (including phenoxy) is 2. The van der Waals surface area contributed by atoms with E-state index in [0.717, 1.165) is 56.2 Å². The molecule has 1 N–H and O–H groups in total. The number of hydrogen-bond donors (Lipinski definition) is 1. The SMILES string of the molecule is COc1ccc(CN2CCN(CC(C)C)[C@H](CCO)C2)c(OC)c1C. The van der Waals surface area contributed by atoms with Crippen molar-refractivity contribution in [2.24, 2.45) is 5.92 Å². The van der Waals surface area contributed by atoms with Crippen molar-refractivity contribution >= 4 is 0 Å². The van der Waals surface area contributed by atoms with Crippen LogP contribution < -0.4 is 9.47 Å². The molecule has 0 bridgehead atoms. The van der Waals surface area contributed by atoms with Crippen LogP contribution in [0.5, 0.6) is 11.5 Å². The van der Waals surface area contributed by atoms with E-state index in [2.05, 4.69) is 29.7 Å². The molecular weight excluding hydrogens is 316 g/mol. The first-order chi connectivity index (χ1) is 12.0. The van der Waals surface area contributed by atoms with Crippen LogP contribution in [0.1, 0.15) is 31.4 Å². The number of rotatable bonds is 8. The van der Waals surface area contributed by atoms with E-state index in [1.54, 1.807) is 14.2 Å². The van der Waals surface area contributed by atoms with Gasteiger partial charge in [0.05, 0.1) is 14.2 Å². The van der Waals surface area contributed by atoms with E-state index in [-0.39, 0.29) is 6.61 Å². The van der Waals surface area contributed by atoms with Crippen LogP contribution in [0, 0.1) is 12.8 Å². The van der Waals surface area contributed by atoms with Gasteiger partial charge in [-0.2, -0.15) is 0 Å². The molecule has 1 aliphatic rings. The number of methoxy groups -OCH3 is 2. The van der Waals surface area contributed by atoms with E-state index in [0.29, 0.717) is 12.0 Å². The molecule has 0 unspecified atom stereocenters. The summed E-state index contributed by atoms with van der Waals surface area (Å²) in [5.41, 5.74) is 2.24. The van der Waals surface area contributed by atoms with Gasteiger partial charge in [0.1, 0.15) is 11.5 Å². The first kappa shape index (κ1) is 20.0. The largest absolute Gasteiger partial charge is 0.496 e. The van der Waals surface area contributed by atoms with Crippen molar-refractivity contribution in [2.75, 3.05) is 47.0 Å². The molecule has 5 nitrogen and oxygen atoms in total. The molecule has 1 heterocycles. The fourth-order valence-electron chi connectivity index (χ4n) is 3.83. The molecular formula is C20H34N2O3. The van der Waals surface area contributed by atoms with Gasteiger partial charge in [-0.05, 0) is 25.3 Å². The Hall–Kier alpha value is -1.30. The summed E-state index contributed by atoms with van der Waals surface area (Å²) >= 11 is 0. The summed E-state index contributed by atoms with van der Waals surface area (Å²) in [6.45, 7) is 11.9. The topological polar surface area (TPSA) is 45.2 Å². The molecule has 25 heavy (non-hydrogen) atoms. The van der Waals surface area contributed by atoms with E-state index in [9.17, 15) is 5.11 Å². The van der Waals surface area contributed by atoms with E-state index in [4.69, 9.17) is 9.47 Å². The molecule has 0 saturated carbocycles. The highest BCUT2D eigenvalue weighted by Gasteiger charge is 2.27. The molecule has 1 aromatic carbocycles. The van der Waals surface area contributed by atoms with Crippen LogP contribution in [0.15, 0.2) is 12.1 Å². The standard InChI is InChI=1S/C20H34N2O3/c1-15(2)12-22-10-9-21(14-18(22)8-11-23)13-17-6-7-19(24-4)16(3)20(17)25-5/h6-7,15,18,23H,8-14H2,1-5H3/t18-/m1/s1. The van der Waals surface area contributed by atoms with Crippen molar-refractivity contribution in [1.82, 2.24) is 9.80 Å². The Labute approximate surface area is 152 Å². The minimum absolute atomic E-state index is 0.248. The zero-order valence-electron chi connectivity index (χ0n) is 16.4. The summed E-state index contributed by atoms with van der Waals surface area (Å²) in [6.07, 6.45) is 0.835. The molecule has 5 heteroatoms. The second-order valence-electron chi connectivity index (χ2n) is 7.38. The van der Waals surface area contributed by atoms with Gasteiger partial charge >= 0.3 is 0 Å². The second kappa shape index (κ2) is 9.41. The Balaban J connectivity index is 2.09. The van der Waals surface area contributed by atoms with Crippen molar-refractivity contribution in [3.63, 3.8) is 0 Å². The first-order valence-corrected chi connectivity index (χ1v) is 9.27. The van der Waals surface area contributed by atoms with Crippen molar-refractivity contribution in [1.29, 1.82) is 0 Å². The highest BCUT2D eigenvalue weighted by molar-refractivity contribution is 5.49. The Bertz CT molecular complexity index is 548. The van der Waals surface area contributed by atoms with Crippen molar-refractivity contribution in [3.8, 4) is 11.5 Å². The predicted molar refractivity (Wildman–Crippen MR) is 101 cm³/mol. The Morgan fingerprint density at radius 1 is 1.20 bits per heavy atom. The average Bonchev–Trinajstić information content (AvgIpc) is 2.57. The molecule has 1 saturated heterocycles. The van der Waals surface area contributed by atoms with Crippen LogP contribution in [0.25, 0.3) is 0 Å². The van der Waals surface area contributed by atoms with Gasteiger partial charge in [-0.1, -0.05) is 19.9 Å². The average molecular weight is 351 g/mol. The quantitative estimate of drug-likeness (QED) is 0.781. The molecule has 1 aromatic rings. The smallest absolute Gasteiger partial charge is 0.129 e. The molecule has 0 spiro atoms. The Kier molecular flexibility index (Phi) is 7.54. The maximum Gasteiger partial charge on any atom is 0.129 e. The summed E-state index contributed by atoms with van der Waals surface area (Å²) in [4.78, 5) is 5.01. The number of aliphatic hydroxyl groups is 1. The molecule has 1 fully saturated rings. The summed E-state index contributed by atoms with van der Waals surface area (Å²) in [7, 11) is 3.41. The number of hydrogen-bond acceptors (Lipinski definition) is 5. The number of piperazine rings is 1. The molecule has 0 amide bonds. The third kappa shape index (κ3) is 5.09. The lowest BCUT2D eigenvalue weighted by atomic mass is 10.0. The second-order valence-corrected chi connectivity index (χ2v) is 7.38. The van der Waals surface area contributed by atoms with E-state index in [1.807, 2.05) is 13.0 Å². The monoisotopic (exact) mass is 350 g/mol. The van der Waals surface area contributed by atoms with Gasteiger partial charge < -0.3 is 14.6 Å². The zero-order chi connectivity index (χ0) is 18.4. The summed E-state index contributed by atoms with van der Waals surface area (Å²) in [5, 5.41) is 9.44. The number of nitrogens with zero attached hydrogens (tertiary/aromatic N) is 2. The predicted octanol–water partition coefficient (Wildman–Crippen LogP) is 2.54. The van der Waals surface area contributed by atoms with Crippen LogP contribution >= 0.6 is 0 Å². The van der Waals surface area contributed by atoms with Gasteiger partial charge in [-0.3, -0.25) is 9.80 Å². The summed E-state index contributed by atoms with van der Waals surface area (Å²) < 4.78 is 11.1. The third-order valence-corrected chi connectivity index (χ3v) is 5.01. The number of benzene rings is 1. The lowest BCUT2D eigenvalue weighted by Crippen LogP contribution is -2.53. The van der Waals surface area contributed by atoms with Crippen molar-refractivity contribution in [3.05, 3.63) is 23.3 Å². The molecule has 1 atom stereocenters. The Morgan fingerprint density at radius 3 is 2.56 bits per heavy atom. The maximum absolute atomic E-state index is 9.44. The summed E-state index contributed by atoms with van der Waals surface area (Å²) in [6, 6.07) is 4.55. The lowest BCUT2D eigenvalue weighted by molar-refractivity contribution is 0.0473. The Morgan fingerprint density at radius 2 is 1.96 bits per heavy atom. The van der Waals surface area contributed by atoms with Gasteiger partial charge in [-0.15, -0.1) is 0 Å². The molecule has 0 aromatic heterocycles. The van der Waals surface area contributed by atoms with E-state index in [1.165, 1.54) is 5.56 Å². The van der Waals surface area contributed by atoms with Crippen LogP contribution in [0.4, 0.5) is 0 Å². The minimum atomic E-state index is 0.248. The van der Waals surface area contributed by atoms with Crippen molar-refractivity contribution in [2.45, 2.75) is 39.8 Å². The summed E-state index contributed by atoms with van der Waals surface area (Å²) in [5.74, 6) is 2.43. The van der Waals surface area contributed by atoms with Gasteiger partial charge in [0.25, 0.3) is 0 Å². The van der Waals surface area contributed by atoms with Crippen LogP contribution in [0.2, 0.25) is 0 Å². The van der Waals surface area contributed by atoms with Crippen molar-refractivity contribution < 1.29 is 14.6 Å². The fraction of sp³-hybridized carbons (Fsp3) is 0.700. The van der Waals surface area contributed by atoms with Gasteiger partial charge in [0.15, 0.2) is 0 Å². The minimum Gasteiger partial charge on any atom is -0.496 e. The highest BCUT2D eigenvalue weighted by atomic mass is 16.5. The maximum atomic E-state index is 9.44. The van der Waals surface area contributed by atoms with Gasteiger partial charge in [0, 0.05) is 56.5 Å². The third-order valence-electron chi connectivity index (χ3n) is 5.01. The van der Waals surface area contributed by atoms with Crippen LogP contribution in [-0.4, -0.2) is 68.0 Å². The van der Waals surface area contributed by atoms with Gasteiger partial charge in [-0.25, -0.2) is 0 Å². The first-order valence-electron chi connectivity index (χ1n) is 9.27. The van der Waals surface area contributed by atoms with Crippen LogP contribution in [0.3, 0.4) is 0 Å². The van der Waals surface area contributed by atoms with Gasteiger partial charge in [0.2, 0.25) is 0 Å². The van der Waals surface area contributed by atoms with E-state index >= 15 is 0 Å². The normalized spacial score (nSPS) is 19.4. The molecule has 0 radical (unpaired) electrons. The van der Waals surface area contributed by atoms with Crippen LogP contribution in [-0.2, 0) is 6.54 Å². The lowest BCUT2D eigenvalue weighted by Gasteiger charge is -2.42. The molecule has 2 rings (SSSR count). The molecule has 142 valence electrons. The number of aliphatic hydroxyl groups excluding tert-OH is 1. The molecule has 1 aliphatic heterocycles.